The molecule has 3 aromatic rings. The van der Waals surface area contributed by atoms with Gasteiger partial charge < -0.3 is 14.6 Å². The first-order chi connectivity index (χ1) is 18.6. The van der Waals surface area contributed by atoms with Crippen molar-refractivity contribution in [2.45, 2.75) is 51.9 Å². The molecule has 1 saturated heterocycles. The van der Waals surface area contributed by atoms with Crippen LogP contribution in [0.3, 0.4) is 0 Å². The highest BCUT2D eigenvalue weighted by Crippen LogP contribution is 2.36. The van der Waals surface area contributed by atoms with Gasteiger partial charge in [-0.15, -0.1) is 0 Å². The Hall–Kier alpha value is -3.53. The van der Waals surface area contributed by atoms with Crippen molar-refractivity contribution in [3.63, 3.8) is 0 Å². The molecule has 0 aliphatic carbocycles. The summed E-state index contributed by atoms with van der Waals surface area (Å²) in [4.78, 5) is 13.3. The topological polar surface area (TPSA) is 76.8 Å². The first kappa shape index (κ1) is 27.1. The monoisotopic (exact) mass is 543 g/mol. The molecule has 0 atom stereocenters. The normalized spacial score (nSPS) is 16.7. The summed E-state index contributed by atoms with van der Waals surface area (Å²) in [6, 6.07) is 10.3. The Balaban J connectivity index is 1.23. The van der Waals surface area contributed by atoms with E-state index in [1.54, 1.807) is 32.0 Å². The van der Waals surface area contributed by atoms with Gasteiger partial charge in [-0.05, 0) is 87.2 Å². The summed E-state index contributed by atoms with van der Waals surface area (Å²) in [5, 5.41) is 12.9. The van der Waals surface area contributed by atoms with E-state index >= 15 is 0 Å². The van der Waals surface area contributed by atoms with Gasteiger partial charge in [-0.2, -0.15) is 18.3 Å². The van der Waals surface area contributed by atoms with Crippen molar-refractivity contribution >= 4 is 22.9 Å². The number of hydrogen-bond acceptors (Lipinski definition) is 5. The summed E-state index contributed by atoms with van der Waals surface area (Å²) in [6.07, 6.45) is -0.407. The molecule has 3 heterocycles. The van der Waals surface area contributed by atoms with E-state index in [0.29, 0.717) is 29.2 Å². The summed E-state index contributed by atoms with van der Waals surface area (Å²) >= 11 is 0. The molecule has 0 amide bonds. The minimum absolute atomic E-state index is 0.0647. The summed E-state index contributed by atoms with van der Waals surface area (Å²) in [5.74, 6) is 0.789. The summed E-state index contributed by atoms with van der Waals surface area (Å²) < 4.78 is 54.1. The van der Waals surface area contributed by atoms with Crippen LogP contribution >= 0.6 is 0 Å². The van der Waals surface area contributed by atoms with Crippen molar-refractivity contribution < 1.29 is 32.5 Å². The van der Waals surface area contributed by atoms with E-state index in [0.717, 1.165) is 43.6 Å². The number of fused-ring (bicyclic) bond motifs is 2. The third kappa shape index (κ3) is 6.21. The van der Waals surface area contributed by atoms with Crippen LogP contribution < -0.4 is 9.47 Å². The standard InChI is InChI=1S/C29H32F3N3O4/c1-18(2)35-25-6-3-20(12-24(25)28(33-35)29(30,31)32)16-38-23-5-4-22-11-21(17-39-26(22)14-23)15-34-9-7-19(8-10-34)13-27(36)37/h3-6,11-12,14,18-19H,7-10,13,15-17H2,1-2H3,(H,36,37). The summed E-state index contributed by atoms with van der Waals surface area (Å²) in [5.41, 5.74) is 2.27. The number of alkyl halides is 3. The number of rotatable bonds is 8. The zero-order valence-electron chi connectivity index (χ0n) is 22.0. The highest BCUT2D eigenvalue weighted by molar-refractivity contribution is 5.83. The van der Waals surface area contributed by atoms with Gasteiger partial charge >= 0.3 is 12.1 Å². The lowest BCUT2D eigenvalue weighted by Crippen LogP contribution is -2.36. The van der Waals surface area contributed by atoms with Gasteiger partial charge in [0.1, 0.15) is 24.7 Å². The fourth-order valence-electron chi connectivity index (χ4n) is 5.30. The predicted octanol–water partition coefficient (Wildman–Crippen LogP) is 6.18. The Morgan fingerprint density at radius 3 is 2.64 bits per heavy atom. The Kier molecular flexibility index (Phi) is 7.57. The number of piperidine rings is 1. The Labute approximate surface area is 224 Å². The zero-order valence-corrected chi connectivity index (χ0v) is 22.0. The van der Waals surface area contributed by atoms with Gasteiger partial charge in [0.25, 0.3) is 0 Å². The van der Waals surface area contributed by atoms with E-state index in [4.69, 9.17) is 14.6 Å². The lowest BCUT2D eigenvalue weighted by atomic mass is 9.93. The molecule has 0 unspecified atom stereocenters. The van der Waals surface area contributed by atoms with Gasteiger partial charge in [0.2, 0.25) is 0 Å². The van der Waals surface area contributed by atoms with E-state index in [1.807, 2.05) is 12.1 Å². The van der Waals surface area contributed by atoms with Crippen molar-refractivity contribution in [3.8, 4) is 11.5 Å². The van der Waals surface area contributed by atoms with Crippen LogP contribution in [-0.4, -0.2) is 52.0 Å². The average Bonchev–Trinajstić information content (AvgIpc) is 3.28. The second kappa shape index (κ2) is 10.9. The van der Waals surface area contributed by atoms with E-state index in [9.17, 15) is 18.0 Å². The van der Waals surface area contributed by atoms with E-state index in [-0.39, 0.29) is 30.4 Å². The van der Waals surface area contributed by atoms with Crippen LogP contribution in [0.2, 0.25) is 0 Å². The second-order valence-electron chi connectivity index (χ2n) is 10.6. The second-order valence-corrected chi connectivity index (χ2v) is 10.6. The number of halogens is 3. The highest BCUT2D eigenvalue weighted by Gasteiger charge is 2.37. The van der Waals surface area contributed by atoms with Crippen LogP contribution in [0.25, 0.3) is 17.0 Å². The van der Waals surface area contributed by atoms with Crippen LogP contribution in [0.5, 0.6) is 11.5 Å². The Morgan fingerprint density at radius 2 is 1.95 bits per heavy atom. The Bertz CT molecular complexity index is 1390. The molecule has 208 valence electrons. The number of nitrogens with zero attached hydrogens (tertiary/aromatic N) is 3. The number of benzene rings is 2. The molecule has 10 heteroatoms. The third-order valence-electron chi connectivity index (χ3n) is 7.29. The number of carbonyl (C=O) groups is 1. The zero-order chi connectivity index (χ0) is 27.7. The lowest BCUT2D eigenvalue weighted by Gasteiger charge is -2.32. The number of carboxylic acids is 1. The molecule has 2 aromatic carbocycles. The van der Waals surface area contributed by atoms with E-state index < -0.39 is 17.8 Å². The van der Waals surface area contributed by atoms with Crippen molar-refractivity contribution in [3.05, 3.63) is 58.8 Å². The first-order valence-corrected chi connectivity index (χ1v) is 13.2. The van der Waals surface area contributed by atoms with Crippen molar-refractivity contribution in [2.24, 2.45) is 5.92 Å². The van der Waals surface area contributed by atoms with Crippen LogP contribution in [0, 0.1) is 5.92 Å². The smallest absolute Gasteiger partial charge is 0.435 e. The predicted molar refractivity (Wildman–Crippen MR) is 141 cm³/mol. The molecule has 2 aliphatic heterocycles. The summed E-state index contributed by atoms with van der Waals surface area (Å²) in [6.45, 7) is 6.71. The van der Waals surface area contributed by atoms with Gasteiger partial charge in [-0.1, -0.05) is 6.07 Å². The number of carboxylic acid groups (broad SMARTS) is 1. The Morgan fingerprint density at radius 1 is 1.18 bits per heavy atom. The number of aliphatic carboxylic acids is 1. The molecule has 1 aromatic heterocycles. The van der Waals surface area contributed by atoms with Crippen LogP contribution in [0.15, 0.2) is 42.0 Å². The number of aromatic nitrogens is 2. The van der Waals surface area contributed by atoms with Crippen molar-refractivity contribution in [2.75, 3.05) is 26.2 Å². The highest BCUT2D eigenvalue weighted by atomic mass is 19.4. The number of hydrogen-bond donors (Lipinski definition) is 1. The van der Waals surface area contributed by atoms with E-state index in [1.165, 1.54) is 10.7 Å². The maximum Gasteiger partial charge on any atom is 0.435 e. The molecule has 0 bridgehead atoms. The molecule has 2 aliphatic rings. The van der Waals surface area contributed by atoms with Crippen LogP contribution in [0.1, 0.15) is 56.0 Å². The number of ether oxygens (including phenoxy) is 2. The maximum atomic E-state index is 13.6. The molecule has 39 heavy (non-hydrogen) atoms. The molecule has 0 radical (unpaired) electrons. The van der Waals surface area contributed by atoms with Crippen molar-refractivity contribution in [1.29, 1.82) is 0 Å². The minimum Gasteiger partial charge on any atom is -0.489 e. The molecule has 7 nitrogen and oxygen atoms in total. The average molecular weight is 544 g/mol. The molecular formula is C29H32F3N3O4. The fourth-order valence-corrected chi connectivity index (χ4v) is 5.30. The van der Waals surface area contributed by atoms with Crippen LogP contribution in [0.4, 0.5) is 13.2 Å². The first-order valence-electron chi connectivity index (χ1n) is 13.2. The molecule has 1 N–H and O–H groups in total. The van der Waals surface area contributed by atoms with Gasteiger partial charge in [0.05, 0.1) is 5.52 Å². The van der Waals surface area contributed by atoms with Crippen LogP contribution in [-0.2, 0) is 17.6 Å². The van der Waals surface area contributed by atoms with Crippen molar-refractivity contribution in [1.82, 2.24) is 14.7 Å². The van der Waals surface area contributed by atoms with Gasteiger partial charge in [-0.3, -0.25) is 14.4 Å². The van der Waals surface area contributed by atoms with E-state index in [2.05, 4.69) is 16.1 Å². The quantitative estimate of drug-likeness (QED) is 0.366. The molecule has 0 saturated carbocycles. The third-order valence-corrected chi connectivity index (χ3v) is 7.29. The molecule has 1 fully saturated rings. The number of likely N-dealkylation sites (tertiary alicyclic amines) is 1. The maximum absolute atomic E-state index is 13.6. The SMILES string of the molecule is CC(C)n1nc(C(F)(F)F)c2cc(COc3ccc4c(c3)OCC(CN3CCC(CC(=O)O)CC3)=C4)ccc21. The molecular weight excluding hydrogens is 511 g/mol. The molecule has 5 rings (SSSR count). The largest absolute Gasteiger partial charge is 0.489 e. The fraction of sp³-hybridized carbons (Fsp3) is 0.448. The van der Waals surface area contributed by atoms with Gasteiger partial charge in [0.15, 0.2) is 5.69 Å². The van der Waals surface area contributed by atoms with Gasteiger partial charge in [0, 0.05) is 36.0 Å². The summed E-state index contributed by atoms with van der Waals surface area (Å²) in [7, 11) is 0. The van der Waals surface area contributed by atoms with Gasteiger partial charge in [-0.25, -0.2) is 0 Å². The minimum atomic E-state index is -4.54. The molecule has 0 spiro atoms. The lowest BCUT2D eigenvalue weighted by molar-refractivity contribution is -0.140.